The third kappa shape index (κ3) is 3.74. The van der Waals surface area contributed by atoms with Crippen molar-refractivity contribution in [3.63, 3.8) is 0 Å². The quantitative estimate of drug-likeness (QED) is 0.604. The SMILES string of the molecule is CCSC1=NN2C(=N)/C(=C/c3cc(C)n(-c4ccc(Br)cc4)c3C)C(=O)N=C2S1. The van der Waals surface area contributed by atoms with E-state index in [0.29, 0.717) is 5.17 Å². The number of fused-ring (bicyclic) bond motifs is 1. The van der Waals surface area contributed by atoms with Crippen LogP contribution in [-0.2, 0) is 4.79 Å². The Kier molecular flexibility index (Phi) is 5.54. The van der Waals surface area contributed by atoms with Crippen molar-refractivity contribution >= 4 is 66.8 Å². The number of rotatable bonds is 3. The van der Waals surface area contributed by atoms with Crippen LogP contribution in [0.4, 0.5) is 0 Å². The normalized spacial score (nSPS) is 17.7. The molecular weight excluding hydrogens is 470 g/mol. The molecule has 1 aromatic carbocycles. The van der Waals surface area contributed by atoms with Gasteiger partial charge >= 0.3 is 0 Å². The Labute approximate surface area is 185 Å². The average molecular weight is 488 g/mol. The Balaban J connectivity index is 1.72. The van der Waals surface area contributed by atoms with Crippen LogP contribution >= 0.6 is 39.5 Å². The van der Waals surface area contributed by atoms with Gasteiger partial charge < -0.3 is 4.57 Å². The Hall–Kier alpha value is -2.10. The van der Waals surface area contributed by atoms with Crippen LogP contribution in [0.1, 0.15) is 23.9 Å². The van der Waals surface area contributed by atoms with Gasteiger partial charge in [0.2, 0.25) is 5.17 Å². The van der Waals surface area contributed by atoms with Crippen LogP contribution in [0.25, 0.3) is 11.8 Å². The smallest absolute Gasteiger partial charge is 0.283 e. The van der Waals surface area contributed by atoms with E-state index in [4.69, 9.17) is 5.41 Å². The fraction of sp³-hybridized carbons (Fsp3) is 0.200. The second-order valence-corrected chi connectivity index (χ2v) is 9.84. The zero-order chi connectivity index (χ0) is 20.7. The van der Waals surface area contributed by atoms with Gasteiger partial charge in [0.25, 0.3) is 5.91 Å². The van der Waals surface area contributed by atoms with Gasteiger partial charge in [-0.2, -0.15) is 10.0 Å². The number of nitrogens with zero attached hydrogens (tertiary/aromatic N) is 4. The highest BCUT2D eigenvalue weighted by molar-refractivity contribution is 9.10. The molecule has 2 aliphatic heterocycles. The fourth-order valence-corrected chi connectivity index (χ4v) is 5.32. The first-order valence-electron chi connectivity index (χ1n) is 8.97. The van der Waals surface area contributed by atoms with E-state index in [2.05, 4.69) is 30.6 Å². The molecule has 0 atom stereocenters. The molecule has 2 aliphatic rings. The molecule has 0 unspecified atom stereocenters. The Morgan fingerprint density at radius 1 is 1.28 bits per heavy atom. The molecule has 0 saturated heterocycles. The van der Waals surface area contributed by atoms with E-state index in [1.165, 1.54) is 16.8 Å². The van der Waals surface area contributed by atoms with Crippen molar-refractivity contribution < 1.29 is 4.79 Å². The summed E-state index contributed by atoms with van der Waals surface area (Å²) in [5, 5.41) is 14.8. The molecule has 0 aliphatic carbocycles. The van der Waals surface area contributed by atoms with Crippen molar-refractivity contribution in [2.45, 2.75) is 20.8 Å². The molecule has 2 aromatic rings. The van der Waals surface area contributed by atoms with Crippen molar-refractivity contribution in [1.29, 1.82) is 5.41 Å². The summed E-state index contributed by atoms with van der Waals surface area (Å²) in [7, 11) is 0. The van der Waals surface area contributed by atoms with Gasteiger partial charge in [-0.25, -0.2) is 0 Å². The first-order valence-corrected chi connectivity index (χ1v) is 11.6. The van der Waals surface area contributed by atoms with Gasteiger partial charge in [-0.15, -0.1) is 5.10 Å². The number of aromatic nitrogens is 1. The molecule has 0 spiro atoms. The van der Waals surface area contributed by atoms with Gasteiger partial charge in [-0.3, -0.25) is 10.2 Å². The molecule has 3 heterocycles. The number of amidine groups is 2. The van der Waals surface area contributed by atoms with E-state index in [9.17, 15) is 4.79 Å². The summed E-state index contributed by atoms with van der Waals surface area (Å²) in [5.41, 5.74) is 4.22. The molecule has 1 N–H and O–H groups in total. The lowest BCUT2D eigenvalue weighted by Crippen LogP contribution is -2.35. The maximum Gasteiger partial charge on any atom is 0.283 e. The lowest BCUT2D eigenvalue weighted by molar-refractivity contribution is -0.114. The number of aliphatic imine (C=N–C) groups is 1. The molecule has 4 rings (SSSR count). The summed E-state index contributed by atoms with van der Waals surface area (Å²) < 4.78 is 3.95. The topological polar surface area (TPSA) is 73.8 Å². The largest absolute Gasteiger partial charge is 0.318 e. The van der Waals surface area contributed by atoms with Gasteiger partial charge in [0.15, 0.2) is 10.2 Å². The lowest BCUT2D eigenvalue weighted by Gasteiger charge is -2.20. The third-order valence-corrected chi connectivity index (χ3v) is 7.01. The number of hydrazone groups is 1. The summed E-state index contributed by atoms with van der Waals surface area (Å²) in [6.45, 7) is 6.07. The molecule has 6 nitrogen and oxygen atoms in total. The molecular formula is C20H18BrN5OS2. The first-order chi connectivity index (χ1) is 13.9. The molecule has 148 valence electrons. The second-order valence-electron chi connectivity index (χ2n) is 6.46. The molecule has 0 saturated carbocycles. The maximum atomic E-state index is 12.6. The van der Waals surface area contributed by atoms with Crippen LogP contribution in [0.5, 0.6) is 0 Å². The van der Waals surface area contributed by atoms with Gasteiger partial charge in [0.05, 0.1) is 5.57 Å². The minimum Gasteiger partial charge on any atom is -0.318 e. The van der Waals surface area contributed by atoms with Crippen LogP contribution < -0.4 is 0 Å². The van der Waals surface area contributed by atoms with E-state index >= 15 is 0 Å². The predicted octanol–water partition coefficient (Wildman–Crippen LogP) is 5.19. The monoisotopic (exact) mass is 487 g/mol. The van der Waals surface area contributed by atoms with Crippen LogP contribution in [0.2, 0.25) is 0 Å². The number of carbonyl (C=O) groups is 1. The molecule has 0 bridgehead atoms. The van der Waals surface area contributed by atoms with Crippen LogP contribution in [0.15, 0.2) is 50.5 Å². The summed E-state index contributed by atoms with van der Waals surface area (Å²) >= 11 is 6.38. The van der Waals surface area contributed by atoms with Crippen LogP contribution in [-0.4, -0.2) is 36.6 Å². The van der Waals surface area contributed by atoms with Crippen molar-refractivity contribution in [1.82, 2.24) is 9.58 Å². The van der Waals surface area contributed by atoms with Crippen molar-refractivity contribution in [3.8, 4) is 5.69 Å². The van der Waals surface area contributed by atoms with E-state index in [0.717, 1.165) is 37.2 Å². The molecule has 1 amide bonds. The number of amides is 1. The maximum absolute atomic E-state index is 12.6. The molecule has 0 fully saturated rings. The fourth-order valence-electron chi connectivity index (χ4n) is 3.23. The second kappa shape index (κ2) is 7.97. The molecule has 1 aromatic heterocycles. The Morgan fingerprint density at radius 2 is 2.00 bits per heavy atom. The zero-order valence-electron chi connectivity index (χ0n) is 16.1. The summed E-state index contributed by atoms with van der Waals surface area (Å²) in [4.78, 5) is 16.8. The van der Waals surface area contributed by atoms with Gasteiger partial charge in [-0.05, 0) is 73.3 Å². The minimum atomic E-state index is -0.403. The van der Waals surface area contributed by atoms with Crippen molar-refractivity contribution in [2.75, 3.05) is 5.75 Å². The minimum absolute atomic E-state index is 0.0626. The average Bonchev–Trinajstić information content (AvgIpc) is 3.20. The Bertz CT molecular complexity index is 1110. The lowest BCUT2D eigenvalue weighted by atomic mass is 10.1. The van der Waals surface area contributed by atoms with Crippen LogP contribution in [0.3, 0.4) is 0 Å². The third-order valence-electron chi connectivity index (χ3n) is 4.56. The van der Waals surface area contributed by atoms with E-state index in [-0.39, 0.29) is 11.4 Å². The Morgan fingerprint density at radius 3 is 2.69 bits per heavy atom. The molecule has 0 radical (unpaired) electrons. The van der Waals surface area contributed by atoms with E-state index < -0.39 is 5.91 Å². The predicted molar refractivity (Wildman–Crippen MR) is 126 cm³/mol. The highest BCUT2D eigenvalue weighted by Gasteiger charge is 2.35. The summed E-state index contributed by atoms with van der Waals surface area (Å²) in [6.07, 6.45) is 1.74. The highest BCUT2D eigenvalue weighted by atomic mass is 79.9. The molecule has 9 heteroatoms. The number of hydrogen-bond acceptors (Lipinski definition) is 5. The number of aryl methyl sites for hydroxylation is 1. The number of hydrogen-bond donors (Lipinski definition) is 1. The van der Waals surface area contributed by atoms with Gasteiger partial charge in [0, 0.05) is 21.5 Å². The standard InChI is InChI=1S/C20H18BrN5OS2/c1-4-28-20-24-26-17(22)16(18(27)23-19(26)29-20)10-13-9-11(2)25(12(13)3)15-7-5-14(21)6-8-15/h5-10,22H,4H2,1-3H3/b16-10-,22-17?. The van der Waals surface area contributed by atoms with Crippen molar-refractivity contribution in [3.05, 3.63) is 57.3 Å². The van der Waals surface area contributed by atoms with E-state index in [1.807, 2.05) is 51.1 Å². The van der Waals surface area contributed by atoms with Crippen molar-refractivity contribution in [2.24, 2.45) is 10.1 Å². The van der Waals surface area contributed by atoms with E-state index in [1.54, 1.807) is 17.8 Å². The van der Waals surface area contributed by atoms with Gasteiger partial charge in [0.1, 0.15) is 0 Å². The number of halogens is 1. The van der Waals surface area contributed by atoms with Gasteiger partial charge in [-0.1, -0.05) is 34.6 Å². The first kappa shape index (κ1) is 20.2. The number of thioether (sulfide) groups is 2. The number of benzene rings is 1. The van der Waals surface area contributed by atoms with Crippen LogP contribution in [0, 0.1) is 19.3 Å². The summed E-state index contributed by atoms with van der Waals surface area (Å²) in [6, 6.07) is 10.1. The zero-order valence-corrected chi connectivity index (χ0v) is 19.3. The summed E-state index contributed by atoms with van der Waals surface area (Å²) in [5.74, 6) is 0.534. The highest BCUT2D eigenvalue weighted by Crippen LogP contribution is 2.33. The number of nitrogens with one attached hydrogen (secondary N) is 1. The molecule has 29 heavy (non-hydrogen) atoms. The number of carbonyl (C=O) groups excluding carboxylic acids is 1.